The zero-order chi connectivity index (χ0) is 19.2. The summed E-state index contributed by atoms with van der Waals surface area (Å²) in [7, 11) is 0. The van der Waals surface area contributed by atoms with Crippen LogP contribution in [0.25, 0.3) is 0 Å². The highest BCUT2D eigenvalue weighted by Gasteiger charge is 2.22. The molecule has 2 aromatic carbocycles. The Balaban J connectivity index is 1.43. The molecule has 0 atom stereocenters. The number of hydrogen-bond acceptors (Lipinski definition) is 3. The summed E-state index contributed by atoms with van der Waals surface area (Å²) in [6.07, 6.45) is 0. The predicted octanol–water partition coefficient (Wildman–Crippen LogP) is 2.49. The van der Waals surface area contributed by atoms with E-state index in [9.17, 15) is 9.59 Å². The summed E-state index contributed by atoms with van der Waals surface area (Å²) in [5.74, 6) is 0.0853. The molecule has 2 aromatic rings. The van der Waals surface area contributed by atoms with E-state index in [0.29, 0.717) is 6.54 Å². The van der Waals surface area contributed by atoms with Gasteiger partial charge < -0.3 is 10.2 Å². The van der Waals surface area contributed by atoms with Crippen LogP contribution in [-0.4, -0.2) is 60.9 Å². The van der Waals surface area contributed by atoms with E-state index < -0.39 is 0 Å². The number of aryl methyl sites for hydroxylation is 2. The third kappa shape index (κ3) is 4.74. The molecule has 1 fully saturated rings. The molecule has 2 amide bonds. The van der Waals surface area contributed by atoms with Crippen LogP contribution in [0.4, 0.5) is 0 Å². The largest absolute Gasteiger partial charge is 0.351 e. The van der Waals surface area contributed by atoms with Gasteiger partial charge in [-0.3, -0.25) is 14.5 Å². The second-order valence-electron chi connectivity index (χ2n) is 7.02. The average molecular weight is 365 g/mol. The zero-order valence-electron chi connectivity index (χ0n) is 16.1. The Hall–Kier alpha value is -2.66. The first kappa shape index (κ1) is 19.1. The fraction of sp³-hybridized carbons (Fsp3) is 0.364. The van der Waals surface area contributed by atoms with Crippen LogP contribution in [0, 0.1) is 13.8 Å². The van der Waals surface area contributed by atoms with Gasteiger partial charge in [-0.2, -0.15) is 0 Å². The summed E-state index contributed by atoms with van der Waals surface area (Å²) in [4.78, 5) is 29.1. The van der Waals surface area contributed by atoms with E-state index in [0.717, 1.165) is 55.0 Å². The number of piperazine rings is 1. The molecule has 5 nitrogen and oxygen atoms in total. The number of nitrogens with one attached hydrogen (secondary N) is 1. The first-order valence-electron chi connectivity index (χ1n) is 9.47. The molecule has 1 heterocycles. The molecule has 0 unspecified atom stereocenters. The quantitative estimate of drug-likeness (QED) is 0.886. The first-order chi connectivity index (χ1) is 13.1. The van der Waals surface area contributed by atoms with Crippen LogP contribution in [0.5, 0.6) is 0 Å². The molecule has 5 heteroatoms. The van der Waals surface area contributed by atoms with Crippen molar-refractivity contribution in [1.29, 1.82) is 0 Å². The number of carbonyl (C=O) groups excluding carboxylic acids is 2. The molecule has 0 aliphatic carbocycles. The van der Waals surface area contributed by atoms with Gasteiger partial charge in [-0.15, -0.1) is 0 Å². The third-order valence-electron chi connectivity index (χ3n) is 5.14. The van der Waals surface area contributed by atoms with Crippen LogP contribution in [0.3, 0.4) is 0 Å². The molecule has 0 saturated carbocycles. The lowest BCUT2D eigenvalue weighted by molar-refractivity contribution is 0.0637. The van der Waals surface area contributed by atoms with E-state index in [4.69, 9.17) is 0 Å². The van der Waals surface area contributed by atoms with Crippen LogP contribution in [-0.2, 0) is 0 Å². The number of hydrogen-bond donors (Lipinski definition) is 1. The number of benzene rings is 2. The van der Waals surface area contributed by atoms with Crippen LogP contribution in [0.15, 0.2) is 48.5 Å². The summed E-state index contributed by atoms with van der Waals surface area (Å²) < 4.78 is 0. The normalized spacial score (nSPS) is 14.8. The van der Waals surface area contributed by atoms with Crippen molar-refractivity contribution in [2.45, 2.75) is 13.8 Å². The lowest BCUT2D eigenvalue weighted by Gasteiger charge is -2.35. The molecule has 142 valence electrons. The second-order valence-corrected chi connectivity index (χ2v) is 7.02. The lowest BCUT2D eigenvalue weighted by Crippen LogP contribution is -2.50. The smallest absolute Gasteiger partial charge is 0.254 e. The maximum absolute atomic E-state index is 12.7. The standard InChI is InChI=1S/C22H27N3O2/c1-17-7-3-5-9-19(17)21(26)23-11-12-24-13-15-25(16-14-24)22(27)20-10-6-4-8-18(20)2/h3-10H,11-16H2,1-2H3,(H,23,26). The molecule has 1 N–H and O–H groups in total. The van der Waals surface area contributed by atoms with Gasteiger partial charge in [-0.05, 0) is 37.1 Å². The molecule has 0 aromatic heterocycles. The van der Waals surface area contributed by atoms with E-state index in [1.54, 1.807) is 0 Å². The Kier molecular flexibility index (Phi) is 6.24. The second kappa shape index (κ2) is 8.82. The SMILES string of the molecule is Cc1ccccc1C(=O)NCCN1CCN(C(=O)c2ccccc2C)CC1. The van der Waals surface area contributed by atoms with Gasteiger partial charge in [-0.1, -0.05) is 36.4 Å². The van der Waals surface area contributed by atoms with Crippen molar-refractivity contribution in [3.63, 3.8) is 0 Å². The number of rotatable bonds is 5. The minimum atomic E-state index is -0.0264. The van der Waals surface area contributed by atoms with Gasteiger partial charge in [0.05, 0.1) is 0 Å². The molecule has 0 bridgehead atoms. The minimum absolute atomic E-state index is 0.0264. The molecule has 1 saturated heterocycles. The summed E-state index contributed by atoms with van der Waals surface area (Å²) in [5.41, 5.74) is 3.52. The average Bonchev–Trinajstić information content (AvgIpc) is 2.68. The van der Waals surface area contributed by atoms with Crippen molar-refractivity contribution in [1.82, 2.24) is 15.1 Å². The van der Waals surface area contributed by atoms with Crippen molar-refractivity contribution >= 4 is 11.8 Å². The van der Waals surface area contributed by atoms with Gasteiger partial charge in [0.15, 0.2) is 0 Å². The monoisotopic (exact) mass is 365 g/mol. The van der Waals surface area contributed by atoms with Gasteiger partial charge in [0.1, 0.15) is 0 Å². The molecule has 1 aliphatic rings. The van der Waals surface area contributed by atoms with Crippen molar-refractivity contribution in [3.8, 4) is 0 Å². The maximum Gasteiger partial charge on any atom is 0.254 e. The van der Waals surface area contributed by atoms with Gasteiger partial charge in [0, 0.05) is 50.4 Å². The summed E-state index contributed by atoms with van der Waals surface area (Å²) in [6.45, 7) is 8.43. The van der Waals surface area contributed by atoms with Crippen LogP contribution in [0.1, 0.15) is 31.8 Å². The van der Waals surface area contributed by atoms with Crippen LogP contribution >= 0.6 is 0 Å². The molecule has 1 aliphatic heterocycles. The van der Waals surface area contributed by atoms with Gasteiger partial charge >= 0.3 is 0 Å². The lowest BCUT2D eigenvalue weighted by atomic mass is 10.1. The highest BCUT2D eigenvalue weighted by Crippen LogP contribution is 2.12. The highest BCUT2D eigenvalue weighted by atomic mass is 16.2. The fourth-order valence-electron chi connectivity index (χ4n) is 3.41. The highest BCUT2D eigenvalue weighted by molar-refractivity contribution is 5.96. The molecule has 0 radical (unpaired) electrons. The van der Waals surface area contributed by atoms with E-state index >= 15 is 0 Å². The Morgan fingerprint density at radius 1 is 0.852 bits per heavy atom. The molecular formula is C22H27N3O2. The maximum atomic E-state index is 12.7. The van der Waals surface area contributed by atoms with Gasteiger partial charge in [0.25, 0.3) is 11.8 Å². The Morgan fingerprint density at radius 2 is 1.41 bits per heavy atom. The summed E-state index contributed by atoms with van der Waals surface area (Å²) in [5, 5.41) is 2.99. The van der Waals surface area contributed by atoms with E-state index in [1.807, 2.05) is 67.3 Å². The third-order valence-corrected chi connectivity index (χ3v) is 5.14. The topological polar surface area (TPSA) is 52.7 Å². The van der Waals surface area contributed by atoms with E-state index in [2.05, 4.69) is 10.2 Å². The van der Waals surface area contributed by atoms with Crippen LogP contribution < -0.4 is 5.32 Å². The minimum Gasteiger partial charge on any atom is -0.351 e. The molecule has 3 rings (SSSR count). The van der Waals surface area contributed by atoms with Gasteiger partial charge in [-0.25, -0.2) is 0 Å². The number of nitrogens with zero attached hydrogens (tertiary/aromatic N) is 2. The first-order valence-corrected chi connectivity index (χ1v) is 9.47. The Morgan fingerprint density at radius 3 is 2.00 bits per heavy atom. The van der Waals surface area contributed by atoms with Crippen molar-refractivity contribution < 1.29 is 9.59 Å². The summed E-state index contributed by atoms with van der Waals surface area (Å²) >= 11 is 0. The number of amides is 2. The van der Waals surface area contributed by atoms with E-state index in [1.165, 1.54) is 0 Å². The molecular weight excluding hydrogens is 338 g/mol. The van der Waals surface area contributed by atoms with Gasteiger partial charge in [0.2, 0.25) is 0 Å². The van der Waals surface area contributed by atoms with Crippen LogP contribution in [0.2, 0.25) is 0 Å². The number of carbonyl (C=O) groups is 2. The zero-order valence-corrected chi connectivity index (χ0v) is 16.1. The molecule has 27 heavy (non-hydrogen) atoms. The fourth-order valence-corrected chi connectivity index (χ4v) is 3.41. The predicted molar refractivity (Wildman–Crippen MR) is 107 cm³/mol. The van der Waals surface area contributed by atoms with Crippen molar-refractivity contribution in [2.24, 2.45) is 0 Å². The summed E-state index contributed by atoms with van der Waals surface area (Å²) in [6, 6.07) is 15.3. The Bertz CT molecular complexity index is 808. The molecule has 0 spiro atoms. The Labute approximate surface area is 161 Å². The van der Waals surface area contributed by atoms with Crippen molar-refractivity contribution in [3.05, 3.63) is 70.8 Å². The van der Waals surface area contributed by atoms with Crippen molar-refractivity contribution in [2.75, 3.05) is 39.3 Å². The van der Waals surface area contributed by atoms with E-state index in [-0.39, 0.29) is 11.8 Å².